The number of pyridine rings is 1. The van der Waals surface area contributed by atoms with Gasteiger partial charge in [0.25, 0.3) is 11.5 Å². The molecule has 0 aliphatic rings. The Morgan fingerprint density at radius 3 is 2.45 bits per heavy atom. The molecule has 118 valence electrons. The highest BCUT2D eigenvalue weighted by Gasteiger charge is 2.18. The maximum atomic E-state index is 13.4. The van der Waals surface area contributed by atoms with Gasteiger partial charge in [0.15, 0.2) is 11.6 Å². The van der Waals surface area contributed by atoms with Gasteiger partial charge in [-0.3, -0.25) is 9.59 Å². The van der Waals surface area contributed by atoms with Gasteiger partial charge < -0.3 is 9.88 Å². The molecule has 0 unspecified atom stereocenters. The lowest BCUT2D eigenvalue weighted by molar-refractivity contribution is 0.0941. The van der Waals surface area contributed by atoms with Crippen molar-refractivity contribution in [2.45, 2.75) is 33.2 Å². The van der Waals surface area contributed by atoms with Gasteiger partial charge in [-0.15, -0.1) is 0 Å². The van der Waals surface area contributed by atoms with E-state index in [-0.39, 0.29) is 22.5 Å². The number of benzene rings is 1. The maximum Gasteiger partial charge on any atom is 0.268 e. The van der Waals surface area contributed by atoms with E-state index < -0.39 is 23.1 Å². The summed E-state index contributed by atoms with van der Waals surface area (Å²) in [5.74, 6) is -2.53. The van der Waals surface area contributed by atoms with Crippen molar-refractivity contribution in [1.82, 2.24) is 9.88 Å². The number of hydrogen-bond donors (Lipinski definition) is 1. The first-order valence-corrected chi connectivity index (χ1v) is 7.19. The Kier molecular flexibility index (Phi) is 4.59. The van der Waals surface area contributed by atoms with Crippen LogP contribution >= 0.6 is 0 Å². The number of nitrogens with zero attached hydrogens (tertiary/aromatic N) is 1. The Balaban J connectivity index is 2.74. The van der Waals surface area contributed by atoms with Gasteiger partial charge in [-0.25, -0.2) is 8.78 Å². The first-order chi connectivity index (χ1) is 10.4. The van der Waals surface area contributed by atoms with Crippen LogP contribution in [0, 0.1) is 11.6 Å². The molecule has 0 radical (unpaired) electrons. The third kappa shape index (κ3) is 2.86. The lowest BCUT2D eigenvalue weighted by Crippen LogP contribution is -2.33. The molecule has 6 heteroatoms. The molecule has 0 bridgehead atoms. The molecule has 0 atom stereocenters. The smallest absolute Gasteiger partial charge is 0.268 e. The van der Waals surface area contributed by atoms with Gasteiger partial charge >= 0.3 is 0 Å². The van der Waals surface area contributed by atoms with Gasteiger partial charge in [-0.2, -0.15) is 0 Å². The topological polar surface area (TPSA) is 51.1 Å². The summed E-state index contributed by atoms with van der Waals surface area (Å²) in [5.41, 5.74) is -0.361. The summed E-state index contributed by atoms with van der Waals surface area (Å²) < 4.78 is 28.1. The molecule has 0 aliphatic heterocycles. The van der Waals surface area contributed by atoms with Crippen molar-refractivity contribution < 1.29 is 13.6 Å². The van der Waals surface area contributed by atoms with Crippen molar-refractivity contribution in [2.24, 2.45) is 0 Å². The van der Waals surface area contributed by atoms with Crippen molar-refractivity contribution in [2.75, 3.05) is 6.54 Å². The Labute approximate surface area is 126 Å². The SMILES string of the molecule is CCCNC(=O)c1cc2cc(F)c(F)cc2c(=O)n1C(C)C. The summed E-state index contributed by atoms with van der Waals surface area (Å²) in [6.07, 6.45) is 0.755. The van der Waals surface area contributed by atoms with Gasteiger partial charge in [0.2, 0.25) is 0 Å². The normalized spacial score (nSPS) is 11.2. The van der Waals surface area contributed by atoms with Crippen LogP contribution in [0.15, 0.2) is 23.0 Å². The number of aromatic nitrogens is 1. The molecule has 1 aromatic heterocycles. The molecule has 22 heavy (non-hydrogen) atoms. The Bertz CT molecular complexity index is 782. The number of rotatable bonds is 4. The highest BCUT2D eigenvalue weighted by atomic mass is 19.2. The summed E-state index contributed by atoms with van der Waals surface area (Å²) in [6.45, 7) is 5.89. The van der Waals surface area contributed by atoms with Crippen LogP contribution in [0.3, 0.4) is 0 Å². The van der Waals surface area contributed by atoms with Crippen LogP contribution in [0.2, 0.25) is 0 Å². The standard InChI is InChI=1S/C16H18F2N2O2/c1-4-5-19-15(21)14-7-10-6-12(17)13(18)8-11(10)16(22)20(14)9(2)3/h6-9H,4-5H2,1-3H3,(H,19,21). The van der Waals surface area contributed by atoms with E-state index in [1.165, 1.54) is 10.6 Å². The molecule has 0 saturated heterocycles. The van der Waals surface area contributed by atoms with E-state index in [9.17, 15) is 18.4 Å². The first kappa shape index (κ1) is 16.1. The van der Waals surface area contributed by atoms with Crippen LogP contribution in [-0.2, 0) is 0 Å². The minimum Gasteiger partial charge on any atom is -0.351 e. The van der Waals surface area contributed by atoms with Crippen molar-refractivity contribution in [3.63, 3.8) is 0 Å². The zero-order valence-electron chi connectivity index (χ0n) is 12.7. The van der Waals surface area contributed by atoms with Crippen LogP contribution < -0.4 is 10.9 Å². The molecule has 0 fully saturated rings. The Hall–Kier alpha value is -2.24. The average Bonchev–Trinajstić information content (AvgIpc) is 2.46. The highest BCUT2D eigenvalue weighted by Crippen LogP contribution is 2.19. The Morgan fingerprint density at radius 2 is 1.86 bits per heavy atom. The molecule has 0 saturated carbocycles. The lowest BCUT2D eigenvalue weighted by atomic mass is 10.1. The molecule has 4 nitrogen and oxygen atoms in total. The molecule has 1 heterocycles. The molecule has 2 rings (SSSR count). The zero-order chi connectivity index (χ0) is 16.4. The number of nitrogens with one attached hydrogen (secondary N) is 1. The zero-order valence-corrected chi connectivity index (χ0v) is 12.7. The van der Waals surface area contributed by atoms with Crippen LogP contribution in [0.25, 0.3) is 10.8 Å². The number of fused-ring (bicyclic) bond motifs is 1. The summed E-state index contributed by atoms with van der Waals surface area (Å²) >= 11 is 0. The van der Waals surface area contributed by atoms with Crippen molar-refractivity contribution in [3.05, 3.63) is 45.9 Å². The maximum absolute atomic E-state index is 13.4. The summed E-state index contributed by atoms with van der Waals surface area (Å²) in [5, 5.41) is 2.96. The first-order valence-electron chi connectivity index (χ1n) is 7.19. The van der Waals surface area contributed by atoms with Crippen molar-refractivity contribution >= 4 is 16.7 Å². The van der Waals surface area contributed by atoms with Crippen LogP contribution in [0.5, 0.6) is 0 Å². The second kappa shape index (κ2) is 6.25. The van der Waals surface area contributed by atoms with Gasteiger partial charge in [0, 0.05) is 12.6 Å². The second-order valence-corrected chi connectivity index (χ2v) is 5.41. The monoisotopic (exact) mass is 308 g/mol. The third-order valence-electron chi connectivity index (χ3n) is 3.38. The van der Waals surface area contributed by atoms with E-state index in [0.717, 1.165) is 18.6 Å². The van der Waals surface area contributed by atoms with Crippen LogP contribution in [0.4, 0.5) is 8.78 Å². The minimum absolute atomic E-state index is 0.0552. The largest absolute Gasteiger partial charge is 0.351 e. The van der Waals surface area contributed by atoms with Crippen LogP contribution in [-0.4, -0.2) is 17.0 Å². The van der Waals surface area contributed by atoms with E-state index in [1.54, 1.807) is 13.8 Å². The predicted octanol–water partition coefficient (Wildman–Crippen LogP) is 3.00. The number of amides is 1. The quantitative estimate of drug-likeness (QED) is 0.944. The van der Waals surface area contributed by atoms with Crippen molar-refractivity contribution in [1.29, 1.82) is 0 Å². The van der Waals surface area contributed by atoms with Gasteiger partial charge in [0.05, 0.1) is 5.39 Å². The second-order valence-electron chi connectivity index (χ2n) is 5.41. The van der Waals surface area contributed by atoms with Gasteiger partial charge in [-0.1, -0.05) is 6.92 Å². The fourth-order valence-electron chi connectivity index (χ4n) is 2.34. The molecule has 0 spiro atoms. The van der Waals surface area contributed by atoms with E-state index in [4.69, 9.17) is 0 Å². The van der Waals surface area contributed by atoms with Crippen molar-refractivity contribution in [3.8, 4) is 0 Å². The lowest BCUT2D eigenvalue weighted by Gasteiger charge is -2.17. The average molecular weight is 308 g/mol. The van der Waals surface area contributed by atoms with Crippen LogP contribution in [0.1, 0.15) is 43.7 Å². The number of carbonyl (C=O) groups is 1. The predicted molar refractivity (Wildman–Crippen MR) is 81.1 cm³/mol. The number of hydrogen-bond acceptors (Lipinski definition) is 2. The van der Waals surface area contributed by atoms with Gasteiger partial charge in [-0.05, 0) is 43.9 Å². The molecule has 1 aromatic carbocycles. The molecule has 1 amide bonds. The van der Waals surface area contributed by atoms with E-state index in [2.05, 4.69) is 5.32 Å². The summed E-state index contributed by atoms with van der Waals surface area (Å²) in [4.78, 5) is 24.8. The Morgan fingerprint density at radius 1 is 1.23 bits per heavy atom. The minimum atomic E-state index is -1.08. The molecular weight excluding hydrogens is 290 g/mol. The summed E-state index contributed by atoms with van der Waals surface area (Å²) in [7, 11) is 0. The molecule has 2 aromatic rings. The third-order valence-corrected chi connectivity index (χ3v) is 3.38. The number of carbonyl (C=O) groups excluding carboxylic acids is 1. The highest BCUT2D eigenvalue weighted by molar-refractivity contribution is 5.96. The fraction of sp³-hybridized carbons (Fsp3) is 0.375. The van der Waals surface area contributed by atoms with E-state index in [0.29, 0.717) is 6.54 Å². The molecule has 0 aliphatic carbocycles. The fourth-order valence-corrected chi connectivity index (χ4v) is 2.34. The van der Waals surface area contributed by atoms with Gasteiger partial charge in [0.1, 0.15) is 5.69 Å². The molecule has 1 N–H and O–H groups in total. The molecular formula is C16H18F2N2O2. The number of halogens is 2. The van der Waals surface area contributed by atoms with E-state index >= 15 is 0 Å². The summed E-state index contributed by atoms with van der Waals surface area (Å²) in [6, 6.07) is 2.95. The van der Waals surface area contributed by atoms with E-state index in [1.807, 2.05) is 6.92 Å².